The third-order valence-corrected chi connectivity index (χ3v) is 4.01. The van der Waals surface area contributed by atoms with E-state index in [-0.39, 0.29) is 0 Å². The summed E-state index contributed by atoms with van der Waals surface area (Å²) in [5, 5.41) is 10.1. The highest BCUT2D eigenvalue weighted by atomic mass is 35.5. The lowest BCUT2D eigenvalue weighted by Gasteiger charge is -2.17. The Hall–Kier alpha value is -2.00. The number of benzene rings is 2. The average molecular weight is 319 g/mol. The van der Waals surface area contributed by atoms with Crippen molar-refractivity contribution in [1.29, 1.82) is 0 Å². The van der Waals surface area contributed by atoms with Crippen LogP contribution in [0.25, 0.3) is 0 Å². The molecule has 3 nitrogen and oxygen atoms in total. The van der Waals surface area contributed by atoms with Crippen molar-refractivity contribution in [3.8, 4) is 5.75 Å². The molecule has 1 atom stereocenters. The van der Waals surface area contributed by atoms with Gasteiger partial charge < -0.3 is 9.84 Å². The van der Waals surface area contributed by atoms with Gasteiger partial charge in [0.2, 0.25) is 0 Å². The Bertz CT molecular complexity index is 667. The zero-order valence-electron chi connectivity index (χ0n) is 12.7. The first-order valence-corrected chi connectivity index (χ1v) is 7.61. The summed E-state index contributed by atoms with van der Waals surface area (Å²) >= 11 is 5.98. The Morgan fingerprint density at radius 3 is 2.50 bits per heavy atom. The molecule has 0 radical (unpaired) electrons. The van der Waals surface area contributed by atoms with Gasteiger partial charge in [0, 0.05) is 11.4 Å². The van der Waals surface area contributed by atoms with Crippen molar-refractivity contribution in [2.75, 3.05) is 0 Å². The lowest BCUT2D eigenvalue weighted by molar-refractivity contribution is -0.145. The van der Waals surface area contributed by atoms with Crippen LogP contribution in [0.3, 0.4) is 0 Å². The summed E-state index contributed by atoms with van der Waals surface area (Å²) in [4.78, 5) is 11.5. The van der Waals surface area contributed by atoms with Gasteiger partial charge >= 0.3 is 5.97 Å². The number of hydrogen-bond donors (Lipinski definition) is 1. The molecular weight excluding hydrogens is 300 g/mol. The maximum atomic E-state index is 11.5. The first-order valence-electron chi connectivity index (χ1n) is 7.23. The van der Waals surface area contributed by atoms with E-state index in [1.165, 1.54) is 0 Å². The van der Waals surface area contributed by atoms with Crippen molar-refractivity contribution in [1.82, 2.24) is 0 Å². The molecule has 0 spiro atoms. The summed E-state index contributed by atoms with van der Waals surface area (Å²) in [6, 6.07) is 13.0. The molecule has 2 aromatic rings. The van der Waals surface area contributed by atoms with Crippen molar-refractivity contribution in [3.05, 3.63) is 64.2 Å². The van der Waals surface area contributed by atoms with Crippen LogP contribution in [0, 0.1) is 6.92 Å². The maximum absolute atomic E-state index is 11.5. The van der Waals surface area contributed by atoms with Gasteiger partial charge in [0.1, 0.15) is 5.75 Å². The minimum atomic E-state index is -0.974. The highest BCUT2D eigenvalue weighted by Gasteiger charge is 2.21. The number of carboxylic acid groups (broad SMARTS) is 1. The van der Waals surface area contributed by atoms with Crippen molar-refractivity contribution in [2.24, 2.45) is 0 Å². The molecule has 0 bridgehead atoms. The molecule has 2 aromatic carbocycles. The topological polar surface area (TPSA) is 46.5 Å². The van der Waals surface area contributed by atoms with E-state index in [9.17, 15) is 9.90 Å². The van der Waals surface area contributed by atoms with E-state index in [2.05, 4.69) is 6.92 Å². The quantitative estimate of drug-likeness (QED) is 0.864. The first kappa shape index (κ1) is 16.4. The molecule has 1 N–H and O–H groups in total. The summed E-state index contributed by atoms with van der Waals surface area (Å²) in [7, 11) is 0. The Balaban J connectivity index is 2.20. The molecule has 116 valence electrons. The molecule has 2 rings (SSSR count). The number of aliphatic carboxylic acids is 1. The second kappa shape index (κ2) is 7.32. The SMILES string of the molecule is CCc1ccccc1CC(Oc1ccc(Cl)c(C)c1)C(=O)O. The predicted octanol–water partition coefficient (Wildman–Crippen LogP) is 4.29. The van der Waals surface area contributed by atoms with Crippen LogP contribution in [-0.2, 0) is 17.6 Å². The molecule has 22 heavy (non-hydrogen) atoms. The van der Waals surface area contributed by atoms with Crippen molar-refractivity contribution < 1.29 is 14.6 Å². The van der Waals surface area contributed by atoms with E-state index >= 15 is 0 Å². The molecule has 0 fully saturated rings. The largest absolute Gasteiger partial charge is 0.478 e. The van der Waals surface area contributed by atoms with Gasteiger partial charge in [0.05, 0.1) is 0 Å². The summed E-state index contributed by atoms with van der Waals surface area (Å²) in [6.45, 7) is 3.91. The van der Waals surface area contributed by atoms with Gasteiger partial charge in [-0.1, -0.05) is 42.8 Å². The van der Waals surface area contributed by atoms with Crippen LogP contribution >= 0.6 is 11.6 Å². The van der Waals surface area contributed by atoms with Crippen LogP contribution in [0.2, 0.25) is 5.02 Å². The van der Waals surface area contributed by atoms with Gasteiger partial charge in [-0.25, -0.2) is 4.79 Å². The van der Waals surface area contributed by atoms with E-state index in [4.69, 9.17) is 16.3 Å². The minimum absolute atomic E-state index is 0.334. The van der Waals surface area contributed by atoms with E-state index in [1.807, 2.05) is 31.2 Å². The summed E-state index contributed by atoms with van der Waals surface area (Å²) < 4.78 is 5.66. The third-order valence-electron chi connectivity index (χ3n) is 3.59. The van der Waals surface area contributed by atoms with Crippen molar-refractivity contribution >= 4 is 17.6 Å². The van der Waals surface area contributed by atoms with Crippen LogP contribution in [-0.4, -0.2) is 17.2 Å². The van der Waals surface area contributed by atoms with E-state index in [1.54, 1.807) is 18.2 Å². The Morgan fingerprint density at radius 1 is 1.23 bits per heavy atom. The lowest BCUT2D eigenvalue weighted by Crippen LogP contribution is -2.29. The number of aryl methyl sites for hydroxylation is 2. The minimum Gasteiger partial charge on any atom is -0.478 e. The Morgan fingerprint density at radius 2 is 1.91 bits per heavy atom. The molecule has 0 heterocycles. The molecule has 1 unspecified atom stereocenters. The third kappa shape index (κ3) is 4.01. The molecule has 4 heteroatoms. The summed E-state index contributed by atoms with van der Waals surface area (Å²) in [6.07, 6.45) is 0.275. The number of hydrogen-bond acceptors (Lipinski definition) is 2. The average Bonchev–Trinajstić information content (AvgIpc) is 2.50. The van der Waals surface area contributed by atoms with Gasteiger partial charge in [-0.3, -0.25) is 0 Å². The van der Waals surface area contributed by atoms with E-state index < -0.39 is 12.1 Å². The lowest BCUT2D eigenvalue weighted by atomic mass is 10.00. The molecule has 0 aliphatic heterocycles. The smallest absolute Gasteiger partial charge is 0.345 e. The van der Waals surface area contributed by atoms with E-state index in [0.717, 1.165) is 23.1 Å². The number of carboxylic acids is 1. The first-order chi connectivity index (χ1) is 10.5. The van der Waals surface area contributed by atoms with Crippen LogP contribution in [0.1, 0.15) is 23.6 Å². The fourth-order valence-corrected chi connectivity index (χ4v) is 2.45. The number of rotatable bonds is 6. The van der Waals surface area contributed by atoms with Crippen molar-refractivity contribution in [2.45, 2.75) is 32.8 Å². The number of halogens is 1. The number of carbonyl (C=O) groups is 1. The van der Waals surface area contributed by atoms with Gasteiger partial charge in [0.25, 0.3) is 0 Å². The van der Waals surface area contributed by atoms with Crippen LogP contribution in [0.15, 0.2) is 42.5 Å². The second-order valence-corrected chi connectivity index (χ2v) is 5.59. The fourth-order valence-electron chi connectivity index (χ4n) is 2.34. The summed E-state index contributed by atoms with van der Waals surface area (Å²) in [5.74, 6) is -0.457. The Labute approximate surface area is 135 Å². The zero-order valence-corrected chi connectivity index (χ0v) is 13.4. The standard InChI is InChI=1S/C18H19ClO3/c1-3-13-6-4-5-7-14(13)11-17(18(20)21)22-15-8-9-16(19)12(2)10-15/h4-10,17H,3,11H2,1-2H3,(H,20,21). The Kier molecular flexibility index (Phi) is 5.45. The van der Waals surface area contributed by atoms with Gasteiger partial charge in [-0.05, 0) is 48.2 Å². The highest BCUT2D eigenvalue weighted by Crippen LogP contribution is 2.23. The van der Waals surface area contributed by atoms with Gasteiger partial charge in [0.15, 0.2) is 6.10 Å². The molecule has 0 aromatic heterocycles. The predicted molar refractivity (Wildman–Crippen MR) is 87.8 cm³/mol. The molecule has 0 aliphatic rings. The molecular formula is C18H19ClO3. The highest BCUT2D eigenvalue weighted by molar-refractivity contribution is 6.31. The second-order valence-electron chi connectivity index (χ2n) is 5.18. The van der Waals surface area contributed by atoms with Crippen molar-refractivity contribution in [3.63, 3.8) is 0 Å². The molecule has 0 saturated carbocycles. The van der Waals surface area contributed by atoms with Crippen LogP contribution < -0.4 is 4.74 Å². The number of ether oxygens (including phenoxy) is 1. The molecule has 0 amide bonds. The monoisotopic (exact) mass is 318 g/mol. The van der Waals surface area contributed by atoms with Gasteiger partial charge in [-0.15, -0.1) is 0 Å². The van der Waals surface area contributed by atoms with Crippen LogP contribution in [0.4, 0.5) is 0 Å². The fraction of sp³-hybridized carbons (Fsp3) is 0.278. The van der Waals surface area contributed by atoms with Gasteiger partial charge in [-0.2, -0.15) is 0 Å². The molecule has 0 saturated heterocycles. The zero-order chi connectivity index (χ0) is 16.1. The summed E-state index contributed by atoms with van der Waals surface area (Å²) in [5.41, 5.74) is 3.00. The normalized spacial score (nSPS) is 12.0. The molecule has 0 aliphatic carbocycles. The van der Waals surface area contributed by atoms with Crippen LogP contribution in [0.5, 0.6) is 5.75 Å². The van der Waals surface area contributed by atoms with E-state index in [0.29, 0.717) is 17.2 Å². The maximum Gasteiger partial charge on any atom is 0.345 e.